The Bertz CT molecular complexity index is 326. The van der Waals surface area contributed by atoms with Crippen molar-refractivity contribution in [1.82, 2.24) is 5.32 Å². The van der Waals surface area contributed by atoms with Crippen molar-refractivity contribution in [3.05, 3.63) is 22.6 Å². The van der Waals surface area contributed by atoms with Crippen LogP contribution in [-0.4, -0.2) is 29.1 Å². The lowest BCUT2D eigenvalue weighted by molar-refractivity contribution is 0.420. The zero-order chi connectivity index (χ0) is 11.4. The fraction of sp³-hybridized carbons (Fsp3) is 0.636. The molecule has 1 fully saturated rings. The molecule has 0 aliphatic carbocycles. The summed E-state index contributed by atoms with van der Waals surface area (Å²) in [6, 6.07) is 4.25. The Labute approximate surface area is 113 Å². The molecule has 1 aromatic heterocycles. The van der Waals surface area contributed by atoms with E-state index >= 15 is 0 Å². The first kappa shape index (κ1) is 12.9. The summed E-state index contributed by atoms with van der Waals surface area (Å²) in [4.78, 5) is 0. The topological polar surface area (TPSA) is 25.2 Å². The molecule has 0 spiro atoms. The third kappa shape index (κ3) is 3.72. The Hall–Kier alpha value is 0.420. The Morgan fingerprint density at radius 1 is 1.56 bits per heavy atom. The van der Waals surface area contributed by atoms with E-state index in [4.69, 9.17) is 4.42 Å². The van der Waals surface area contributed by atoms with Crippen LogP contribution in [0, 0.1) is 0 Å². The van der Waals surface area contributed by atoms with Crippen LogP contribution >= 0.6 is 39.5 Å². The molecule has 2 unspecified atom stereocenters. The zero-order valence-corrected chi connectivity index (χ0v) is 12.5. The molecule has 2 rings (SSSR count). The molecule has 1 aliphatic heterocycles. The molecular formula is C11H16BrNOS2. The van der Waals surface area contributed by atoms with E-state index in [1.807, 2.05) is 12.1 Å². The summed E-state index contributed by atoms with van der Waals surface area (Å²) < 4.78 is 6.33. The number of rotatable bonds is 4. The highest BCUT2D eigenvalue weighted by Crippen LogP contribution is 2.25. The van der Waals surface area contributed by atoms with E-state index in [1.54, 1.807) is 0 Å². The molecule has 0 aromatic carbocycles. The second-order valence-electron chi connectivity index (χ2n) is 3.84. The lowest BCUT2D eigenvalue weighted by atomic mass is 10.2. The Morgan fingerprint density at radius 3 is 3.06 bits per heavy atom. The van der Waals surface area contributed by atoms with E-state index in [9.17, 15) is 0 Å². The average molecular weight is 322 g/mol. The summed E-state index contributed by atoms with van der Waals surface area (Å²) in [6.45, 7) is 3.21. The molecule has 2 nitrogen and oxygen atoms in total. The monoisotopic (exact) mass is 321 g/mol. The van der Waals surface area contributed by atoms with Crippen molar-refractivity contribution in [2.24, 2.45) is 0 Å². The SMILES string of the molecule is CC(NCC1CSCCS1)c1ccc(Br)o1. The summed E-state index contributed by atoms with van der Waals surface area (Å²) in [5.41, 5.74) is 0. The molecule has 0 saturated carbocycles. The van der Waals surface area contributed by atoms with Gasteiger partial charge in [-0.05, 0) is 35.0 Å². The van der Waals surface area contributed by atoms with Gasteiger partial charge in [0, 0.05) is 29.1 Å². The van der Waals surface area contributed by atoms with Gasteiger partial charge in [0.1, 0.15) is 5.76 Å². The summed E-state index contributed by atoms with van der Waals surface area (Å²) >= 11 is 7.47. The van der Waals surface area contributed by atoms with Crippen LogP contribution in [-0.2, 0) is 0 Å². The molecule has 0 amide bonds. The molecule has 5 heteroatoms. The van der Waals surface area contributed by atoms with Crippen LogP contribution < -0.4 is 5.32 Å². The second kappa shape index (κ2) is 6.38. The van der Waals surface area contributed by atoms with E-state index in [0.717, 1.165) is 22.2 Å². The van der Waals surface area contributed by atoms with Crippen molar-refractivity contribution in [2.75, 3.05) is 23.8 Å². The fourth-order valence-electron chi connectivity index (χ4n) is 1.62. The summed E-state index contributed by atoms with van der Waals surface area (Å²) in [7, 11) is 0. The van der Waals surface area contributed by atoms with Gasteiger partial charge in [0.05, 0.1) is 6.04 Å². The van der Waals surface area contributed by atoms with Crippen LogP contribution in [0.1, 0.15) is 18.7 Å². The maximum Gasteiger partial charge on any atom is 0.169 e. The molecule has 1 aromatic rings. The van der Waals surface area contributed by atoms with Crippen molar-refractivity contribution in [1.29, 1.82) is 0 Å². The van der Waals surface area contributed by atoms with Crippen LogP contribution in [0.15, 0.2) is 21.2 Å². The third-order valence-electron chi connectivity index (χ3n) is 2.56. The molecule has 1 saturated heterocycles. The minimum atomic E-state index is 0.291. The predicted octanol–water partition coefficient (Wildman–Crippen LogP) is 3.54. The maximum absolute atomic E-state index is 5.53. The Morgan fingerprint density at radius 2 is 2.44 bits per heavy atom. The van der Waals surface area contributed by atoms with Gasteiger partial charge in [-0.2, -0.15) is 23.5 Å². The molecule has 2 heterocycles. The first-order chi connectivity index (χ1) is 7.75. The molecule has 0 radical (unpaired) electrons. The van der Waals surface area contributed by atoms with E-state index in [2.05, 4.69) is 51.7 Å². The van der Waals surface area contributed by atoms with Crippen molar-refractivity contribution in [2.45, 2.75) is 18.2 Å². The normalized spacial score (nSPS) is 23.2. The predicted molar refractivity (Wildman–Crippen MR) is 76.4 cm³/mol. The van der Waals surface area contributed by atoms with Crippen LogP contribution in [0.25, 0.3) is 0 Å². The van der Waals surface area contributed by atoms with Gasteiger partial charge in [-0.25, -0.2) is 0 Å². The van der Waals surface area contributed by atoms with Crippen LogP contribution in [0.3, 0.4) is 0 Å². The number of furan rings is 1. The van der Waals surface area contributed by atoms with Crippen LogP contribution in [0.4, 0.5) is 0 Å². The van der Waals surface area contributed by atoms with Gasteiger partial charge in [-0.15, -0.1) is 0 Å². The smallest absolute Gasteiger partial charge is 0.169 e. The third-order valence-corrected chi connectivity index (χ3v) is 5.83. The summed E-state index contributed by atoms with van der Waals surface area (Å²) in [6.07, 6.45) is 0. The Balaban J connectivity index is 1.76. The van der Waals surface area contributed by atoms with Gasteiger partial charge < -0.3 is 9.73 Å². The summed E-state index contributed by atoms with van der Waals surface area (Å²) in [5, 5.41) is 4.28. The van der Waals surface area contributed by atoms with Crippen LogP contribution in [0.2, 0.25) is 0 Å². The van der Waals surface area contributed by atoms with Gasteiger partial charge in [0.25, 0.3) is 0 Å². The number of nitrogens with one attached hydrogen (secondary N) is 1. The molecule has 2 atom stereocenters. The quantitative estimate of drug-likeness (QED) is 0.917. The van der Waals surface area contributed by atoms with Gasteiger partial charge in [0.15, 0.2) is 4.67 Å². The van der Waals surface area contributed by atoms with Gasteiger partial charge in [-0.3, -0.25) is 0 Å². The van der Waals surface area contributed by atoms with Crippen molar-refractivity contribution in [3.63, 3.8) is 0 Å². The molecular weight excluding hydrogens is 306 g/mol. The minimum absolute atomic E-state index is 0.291. The first-order valence-electron chi connectivity index (χ1n) is 5.43. The lowest BCUT2D eigenvalue weighted by Crippen LogP contribution is -2.30. The second-order valence-corrected chi connectivity index (χ2v) is 7.18. The van der Waals surface area contributed by atoms with E-state index < -0.39 is 0 Å². The number of hydrogen-bond acceptors (Lipinski definition) is 4. The molecule has 0 bridgehead atoms. The minimum Gasteiger partial charge on any atom is -0.453 e. The van der Waals surface area contributed by atoms with E-state index in [1.165, 1.54) is 17.3 Å². The average Bonchev–Trinajstić information content (AvgIpc) is 2.74. The molecule has 90 valence electrons. The molecule has 1 N–H and O–H groups in total. The Kier molecular flexibility index (Phi) is 5.13. The van der Waals surface area contributed by atoms with E-state index in [0.29, 0.717) is 6.04 Å². The first-order valence-corrected chi connectivity index (χ1v) is 8.43. The highest BCUT2D eigenvalue weighted by Gasteiger charge is 2.16. The molecule has 1 aliphatic rings. The molecule has 16 heavy (non-hydrogen) atoms. The van der Waals surface area contributed by atoms with Crippen molar-refractivity contribution >= 4 is 39.5 Å². The largest absolute Gasteiger partial charge is 0.453 e. The van der Waals surface area contributed by atoms with Gasteiger partial charge in [0.2, 0.25) is 0 Å². The van der Waals surface area contributed by atoms with Crippen LogP contribution in [0.5, 0.6) is 0 Å². The zero-order valence-electron chi connectivity index (χ0n) is 9.24. The van der Waals surface area contributed by atoms with E-state index in [-0.39, 0.29) is 0 Å². The number of thioether (sulfide) groups is 2. The number of halogens is 1. The van der Waals surface area contributed by atoms with Crippen molar-refractivity contribution < 1.29 is 4.42 Å². The summed E-state index contributed by atoms with van der Waals surface area (Å²) in [5.74, 6) is 4.87. The van der Waals surface area contributed by atoms with Gasteiger partial charge >= 0.3 is 0 Å². The highest BCUT2D eigenvalue weighted by molar-refractivity contribution is 9.10. The maximum atomic E-state index is 5.53. The number of hydrogen-bond donors (Lipinski definition) is 1. The standard InChI is InChI=1S/C11H16BrNOS2/c1-8(10-2-3-11(12)14-10)13-6-9-7-15-4-5-16-9/h2-3,8-9,13H,4-7H2,1H3. The van der Waals surface area contributed by atoms with Gasteiger partial charge in [-0.1, -0.05) is 0 Å². The highest BCUT2D eigenvalue weighted by atomic mass is 79.9. The van der Waals surface area contributed by atoms with Crippen molar-refractivity contribution in [3.8, 4) is 0 Å². The fourth-order valence-corrected chi connectivity index (χ4v) is 4.57. The lowest BCUT2D eigenvalue weighted by Gasteiger charge is -2.22.